The lowest BCUT2D eigenvalue weighted by Gasteiger charge is -2.17. The molecule has 0 radical (unpaired) electrons. The Kier molecular flexibility index (Phi) is 5.94. The summed E-state index contributed by atoms with van der Waals surface area (Å²) in [4.78, 5) is 6.53. The Balaban J connectivity index is 2.19. The van der Waals surface area contributed by atoms with Crippen molar-refractivity contribution in [2.75, 3.05) is 32.5 Å². The monoisotopic (exact) mass is 237 g/mol. The Hall–Kier alpha value is -1.13. The molecule has 0 atom stereocenters. The third kappa shape index (κ3) is 6.24. The van der Waals surface area contributed by atoms with Crippen molar-refractivity contribution in [2.24, 2.45) is 0 Å². The van der Waals surface area contributed by atoms with Crippen LogP contribution >= 0.6 is 0 Å². The first-order valence-electron chi connectivity index (χ1n) is 6.08. The van der Waals surface area contributed by atoms with Gasteiger partial charge < -0.3 is 15.4 Å². The molecule has 17 heavy (non-hydrogen) atoms. The molecule has 0 aliphatic rings. The van der Waals surface area contributed by atoms with E-state index in [1.807, 2.05) is 12.1 Å². The van der Waals surface area contributed by atoms with E-state index in [0.29, 0.717) is 11.8 Å². The van der Waals surface area contributed by atoms with Crippen molar-refractivity contribution in [2.45, 2.75) is 26.4 Å². The van der Waals surface area contributed by atoms with Crippen LogP contribution in [-0.4, -0.2) is 42.7 Å². The van der Waals surface area contributed by atoms with Crippen molar-refractivity contribution in [3.63, 3.8) is 0 Å². The molecule has 96 valence electrons. The van der Waals surface area contributed by atoms with Crippen LogP contribution in [0.5, 0.6) is 0 Å². The van der Waals surface area contributed by atoms with Gasteiger partial charge in [-0.15, -0.1) is 0 Å². The lowest BCUT2D eigenvalue weighted by molar-refractivity contribution is 0.0640. The van der Waals surface area contributed by atoms with Gasteiger partial charge in [-0.05, 0) is 33.0 Å². The number of hydrogen-bond acceptors (Lipinski definition) is 4. The van der Waals surface area contributed by atoms with Gasteiger partial charge in [-0.1, -0.05) is 0 Å². The van der Waals surface area contributed by atoms with Gasteiger partial charge in [0, 0.05) is 25.2 Å². The van der Waals surface area contributed by atoms with E-state index in [1.165, 1.54) is 0 Å². The summed E-state index contributed by atoms with van der Waals surface area (Å²) in [6.07, 6.45) is 2.96. The second-order valence-corrected chi connectivity index (χ2v) is 4.56. The van der Waals surface area contributed by atoms with Gasteiger partial charge in [0.05, 0.1) is 24.6 Å². The summed E-state index contributed by atoms with van der Waals surface area (Å²) in [7, 11) is 2.10. The van der Waals surface area contributed by atoms with E-state index in [1.54, 1.807) is 6.20 Å². The summed E-state index contributed by atoms with van der Waals surface area (Å²) in [5.41, 5.74) is 7.38. The fourth-order valence-electron chi connectivity index (χ4n) is 1.45. The van der Waals surface area contributed by atoms with E-state index in [9.17, 15) is 0 Å². The molecule has 0 bridgehead atoms. The maximum atomic E-state index is 5.59. The first-order valence-corrected chi connectivity index (χ1v) is 6.08. The fourth-order valence-corrected chi connectivity index (χ4v) is 1.45. The molecule has 0 saturated heterocycles. The van der Waals surface area contributed by atoms with Crippen molar-refractivity contribution in [1.82, 2.24) is 9.88 Å². The molecule has 0 fully saturated rings. The van der Waals surface area contributed by atoms with Crippen molar-refractivity contribution < 1.29 is 4.74 Å². The van der Waals surface area contributed by atoms with Gasteiger partial charge in [0.2, 0.25) is 0 Å². The minimum Gasteiger partial charge on any atom is -0.397 e. The summed E-state index contributed by atoms with van der Waals surface area (Å²) in [6, 6.07) is 3.87. The van der Waals surface area contributed by atoms with Crippen LogP contribution in [0.3, 0.4) is 0 Å². The molecule has 1 aromatic heterocycles. The van der Waals surface area contributed by atoms with Crippen LogP contribution in [0.15, 0.2) is 18.3 Å². The molecular formula is C13H23N3O. The first kappa shape index (κ1) is 13.9. The zero-order valence-corrected chi connectivity index (χ0v) is 11.0. The van der Waals surface area contributed by atoms with E-state index >= 15 is 0 Å². The minimum atomic E-state index is 0.308. The van der Waals surface area contributed by atoms with Crippen molar-refractivity contribution in [3.8, 4) is 0 Å². The maximum absolute atomic E-state index is 5.59. The number of nitrogen functional groups attached to an aromatic ring is 1. The zero-order chi connectivity index (χ0) is 12.7. The molecule has 1 rings (SSSR count). The van der Waals surface area contributed by atoms with E-state index in [4.69, 9.17) is 10.5 Å². The number of pyridine rings is 1. The van der Waals surface area contributed by atoms with Crippen molar-refractivity contribution >= 4 is 5.69 Å². The molecule has 0 amide bonds. The minimum absolute atomic E-state index is 0.308. The molecule has 1 heterocycles. The average molecular weight is 237 g/mol. The quantitative estimate of drug-likeness (QED) is 0.782. The summed E-state index contributed by atoms with van der Waals surface area (Å²) < 4.78 is 5.51. The third-order valence-electron chi connectivity index (χ3n) is 2.52. The molecule has 1 aromatic rings. The Labute approximate surface area is 104 Å². The normalized spacial score (nSPS) is 11.4. The first-order chi connectivity index (χ1) is 8.08. The zero-order valence-electron chi connectivity index (χ0n) is 11.0. The van der Waals surface area contributed by atoms with Gasteiger partial charge in [0.25, 0.3) is 0 Å². The predicted molar refractivity (Wildman–Crippen MR) is 70.9 cm³/mol. The van der Waals surface area contributed by atoms with Crippen LogP contribution < -0.4 is 5.73 Å². The molecule has 0 saturated carbocycles. The van der Waals surface area contributed by atoms with Gasteiger partial charge in [0.15, 0.2) is 0 Å². The Morgan fingerprint density at radius 2 is 2.12 bits per heavy atom. The van der Waals surface area contributed by atoms with Gasteiger partial charge >= 0.3 is 0 Å². The number of rotatable bonds is 7. The lowest BCUT2D eigenvalue weighted by atomic mass is 10.2. The molecule has 4 heteroatoms. The number of hydrogen-bond donors (Lipinski definition) is 1. The highest BCUT2D eigenvalue weighted by atomic mass is 16.5. The van der Waals surface area contributed by atoms with Crippen molar-refractivity contribution in [3.05, 3.63) is 24.0 Å². The summed E-state index contributed by atoms with van der Waals surface area (Å²) in [5.74, 6) is 0. The maximum Gasteiger partial charge on any atom is 0.0596 e. The number of ether oxygens (including phenoxy) is 1. The highest BCUT2D eigenvalue weighted by molar-refractivity contribution is 5.34. The van der Waals surface area contributed by atoms with E-state index in [2.05, 4.69) is 30.8 Å². The number of nitrogens with two attached hydrogens (primary N) is 1. The summed E-state index contributed by atoms with van der Waals surface area (Å²) >= 11 is 0. The van der Waals surface area contributed by atoms with Crippen LogP contribution in [0.25, 0.3) is 0 Å². The molecule has 0 unspecified atom stereocenters. The molecule has 0 aliphatic heterocycles. The third-order valence-corrected chi connectivity index (χ3v) is 2.52. The van der Waals surface area contributed by atoms with Gasteiger partial charge in [0.1, 0.15) is 0 Å². The molecular weight excluding hydrogens is 214 g/mol. The van der Waals surface area contributed by atoms with Crippen LogP contribution in [0.4, 0.5) is 5.69 Å². The van der Waals surface area contributed by atoms with Crippen LogP contribution in [0.1, 0.15) is 19.5 Å². The SMILES string of the molecule is CC(C)OCCN(C)CCc1ccc(N)cn1. The smallest absolute Gasteiger partial charge is 0.0596 e. The van der Waals surface area contributed by atoms with E-state index in [-0.39, 0.29) is 0 Å². The Bertz CT molecular complexity index is 311. The molecule has 0 spiro atoms. The molecule has 0 aromatic carbocycles. The second kappa shape index (κ2) is 7.25. The van der Waals surface area contributed by atoms with Crippen LogP contribution in [0, 0.1) is 0 Å². The second-order valence-electron chi connectivity index (χ2n) is 4.56. The van der Waals surface area contributed by atoms with E-state index in [0.717, 1.165) is 31.8 Å². The van der Waals surface area contributed by atoms with Crippen molar-refractivity contribution in [1.29, 1.82) is 0 Å². The fraction of sp³-hybridized carbons (Fsp3) is 0.615. The molecule has 0 aliphatic carbocycles. The number of nitrogens with zero attached hydrogens (tertiary/aromatic N) is 2. The topological polar surface area (TPSA) is 51.4 Å². The number of aromatic nitrogens is 1. The highest BCUT2D eigenvalue weighted by Gasteiger charge is 2.01. The van der Waals surface area contributed by atoms with Crippen LogP contribution in [0.2, 0.25) is 0 Å². The predicted octanol–water partition coefficient (Wildman–Crippen LogP) is 1.56. The van der Waals surface area contributed by atoms with E-state index < -0.39 is 0 Å². The Morgan fingerprint density at radius 3 is 2.71 bits per heavy atom. The largest absolute Gasteiger partial charge is 0.397 e. The number of anilines is 1. The highest BCUT2D eigenvalue weighted by Crippen LogP contribution is 2.02. The van der Waals surface area contributed by atoms with Gasteiger partial charge in [-0.25, -0.2) is 0 Å². The lowest BCUT2D eigenvalue weighted by Crippen LogP contribution is -2.26. The molecule has 2 N–H and O–H groups in total. The number of likely N-dealkylation sites (N-methyl/N-ethyl adjacent to an activating group) is 1. The Morgan fingerprint density at radius 1 is 1.35 bits per heavy atom. The summed E-state index contributed by atoms with van der Waals surface area (Å²) in [6.45, 7) is 6.82. The van der Waals surface area contributed by atoms with Crippen LogP contribution in [-0.2, 0) is 11.2 Å². The summed E-state index contributed by atoms with van der Waals surface area (Å²) in [5, 5.41) is 0. The molecule has 4 nitrogen and oxygen atoms in total. The van der Waals surface area contributed by atoms with Gasteiger partial charge in [-0.2, -0.15) is 0 Å². The van der Waals surface area contributed by atoms with Gasteiger partial charge in [-0.3, -0.25) is 4.98 Å². The standard InChI is InChI=1S/C13H23N3O/c1-11(2)17-9-8-16(3)7-6-13-5-4-12(14)10-15-13/h4-5,10-11H,6-9,14H2,1-3H3. The average Bonchev–Trinajstić information content (AvgIpc) is 2.28.